The summed E-state index contributed by atoms with van der Waals surface area (Å²) in [5.74, 6) is -0.746. The zero-order chi connectivity index (χ0) is 32.1. The molecule has 1 fully saturated rings. The maximum absolute atomic E-state index is 14.9. The van der Waals surface area contributed by atoms with E-state index < -0.39 is 11.6 Å². The van der Waals surface area contributed by atoms with E-state index in [0.29, 0.717) is 55.9 Å². The highest BCUT2D eigenvalue weighted by Crippen LogP contribution is 2.28. The van der Waals surface area contributed by atoms with Crippen molar-refractivity contribution in [3.05, 3.63) is 72.2 Å². The third kappa shape index (κ3) is 9.43. The fraction of sp³-hybridized carbons (Fsp3) is 0.471. The van der Waals surface area contributed by atoms with Crippen molar-refractivity contribution in [2.24, 2.45) is 0 Å². The van der Waals surface area contributed by atoms with Gasteiger partial charge in [-0.1, -0.05) is 50.1 Å². The van der Waals surface area contributed by atoms with E-state index in [1.54, 1.807) is 11.1 Å². The topological polar surface area (TPSA) is 117 Å². The second kappa shape index (κ2) is 17.0. The summed E-state index contributed by atoms with van der Waals surface area (Å²) in [4.78, 5) is 30.9. The second-order valence-electron chi connectivity index (χ2n) is 11.6. The number of hydrogen-bond acceptors (Lipinski definition) is 7. The Kier molecular flexibility index (Phi) is 12.2. The quantitative estimate of drug-likeness (QED) is 0.121. The number of urea groups is 1. The van der Waals surface area contributed by atoms with Crippen LogP contribution in [0.15, 0.2) is 55.0 Å². The van der Waals surface area contributed by atoms with Crippen LogP contribution in [0.3, 0.4) is 0 Å². The molecule has 0 spiro atoms. The second-order valence-corrected chi connectivity index (χ2v) is 11.6. The van der Waals surface area contributed by atoms with Gasteiger partial charge in [-0.2, -0.15) is 0 Å². The fourth-order valence-electron chi connectivity index (χ4n) is 5.68. The van der Waals surface area contributed by atoms with E-state index in [4.69, 9.17) is 9.47 Å². The highest BCUT2D eigenvalue weighted by atomic mass is 19.1. The minimum Gasteiger partial charge on any atom is -0.379 e. The van der Waals surface area contributed by atoms with Gasteiger partial charge in [0, 0.05) is 48.9 Å². The van der Waals surface area contributed by atoms with E-state index in [9.17, 15) is 13.6 Å². The number of unbranched alkanes of at least 4 members (excludes halogenated alkanes) is 2. The van der Waals surface area contributed by atoms with E-state index in [2.05, 4.69) is 37.5 Å². The SMILES string of the molecule is CCCCCOCCOCCN(Cc1ccccc1)C(=O)N[C@@H]1CCC[C@H](Nc2nc(-c3c[nH]c4ncc(F)cc34)ncc2F)C1. The number of fused-ring (bicyclic) bond motifs is 1. The van der Waals surface area contributed by atoms with Gasteiger partial charge in [0.15, 0.2) is 17.5 Å². The number of pyridine rings is 1. The Morgan fingerprint density at radius 1 is 1.02 bits per heavy atom. The Hall–Kier alpha value is -4.16. The lowest BCUT2D eigenvalue weighted by molar-refractivity contribution is 0.0397. The van der Waals surface area contributed by atoms with E-state index in [-0.39, 0.29) is 29.8 Å². The van der Waals surface area contributed by atoms with Crippen molar-refractivity contribution in [3.8, 4) is 11.4 Å². The first kappa shape index (κ1) is 33.2. The lowest BCUT2D eigenvalue weighted by Gasteiger charge is -2.33. The number of nitrogens with one attached hydrogen (secondary N) is 3. The molecule has 1 saturated carbocycles. The number of benzene rings is 1. The summed E-state index contributed by atoms with van der Waals surface area (Å²) in [7, 11) is 0. The van der Waals surface area contributed by atoms with Gasteiger partial charge in [-0.25, -0.2) is 28.5 Å². The van der Waals surface area contributed by atoms with Gasteiger partial charge in [-0.15, -0.1) is 0 Å². The summed E-state index contributed by atoms with van der Waals surface area (Å²) < 4.78 is 40.1. The fourth-order valence-corrected chi connectivity index (χ4v) is 5.68. The number of rotatable bonds is 16. The predicted octanol–water partition coefficient (Wildman–Crippen LogP) is 6.46. The molecule has 3 N–H and O–H groups in total. The molecule has 3 heterocycles. The molecule has 0 radical (unpaired) electrons. The maximum atomic E-state index is 14.9. The zero-order valence-electron chi connectivity index (χ0n) is 26.3. The Bertz CT molecular complexity index is 1540. The number of carbonyl (C=O) groups is 1. The van der Waals surface area contributed by atoms with Crippen LogP contribution in [-0.2, 0) is 16.0 Å². The summed E-state index contributed by atoms with van der Waals surface area (Å²) in [6.45, 7) is 5.23. The van der Waals surface area contributed by atoms with E-state index >= 15 is 0 Å². The van der Waals surface area contributed by atoms with Crippen LogP contribution in [-0.4, -0.2) is 75.9 Å². The number of nitrogens with zero attached hydrogens (tertiary/aromatic N) is 4. The number of anilines is 1. The summed E-state index contributed by atoms with van der Waals surface area (Å²) in [6, 6.07) is 10.8. The van der Waals surface area contributed by atoms with Gasteiger partial charge < -0.3 is 30.0 Å². The molecule has 0 aliphatic heterocycles. The largest absolute Gasteiger partial charge is 0.379 e. The normalized spacial score (nSPS) is 16.4. The maximum Gasteiger partial charge on any atom is 0.317 e. The molecule has 2 amide bonds. The molecule has 4 aromatic rings. The molecule has 1 aromatic carbocycles. The molecule has 46 heavy (non-hydrogen) atoms. The molecule has 246 valence electrons. The summed E-state index contributed by atoms with van der Waals surface area (Å²) >= 11 is 0. The number of aromatic amines is 1. The highest BCUT2D eigenvalue weighted by molar-refractivity contribution is 5.91. The molecule has 12 heteroatoms. The summed E-state index contributed by atoms with van der Waals surface area (Å²) in [5.41, 5.74) is 2.05. The summed E-state index contributed by atoms with van der Waals surface area (Å²) in [5, 5.41) is 6.95. The third-order valence-electron chi connectivity index (χ3n) is 8.10. The molecule has 0 saturated heterocycles. The van der Waals surface area contributed by atoms with Gasteiger partial charge >= 0.3 is 6.03 Å². The minimum absolute atomic E-state index is 0.0675. The molecule has 0 bridgehead atoms. The van der Waals surface area contributed by atoms with Crippen LogP contribution in [0.25, 0.3) is 22.4 Å². The van der Waals surface area contributed by atoms with Crippen LogP contribution in [0.4, 0.5) is 19.4 Å². The van der Waals surface area contributed by atoms with E-state index in [1.165, 1.54) is 6.07 Å². The molecular weight excluding hydrogens is 592 g/mol. The van der Waals surface area contributed by atoms with Crippen LogP contribution >= 0.6 is 0 Å². The number of H-pyrrole nitrogens is 1. The van der Waals surface area contributed by atoms with Crippen molar-refractivity contribution in [3.63, 3.8) is 0 Å². The molecule has 1 aliphatic rings. The van der Waals surface area contributed by atoms with Crippen LogP contribution in [0.1, 0.15) is 57.4 Å². The first-order chi connectivity index (χ1) is 22.5. The summed E-state index contributed by atoms with van der Waals surface area (Å²) in [6.07, 6.45) is 10.3. The number of carbonyl (C=O) groups excluding carboxylic acids is 1. The lowest BCUT2D eigenvalue weighted by Crippen LogP contribution is -2.48. The molecule has 5 rings (SSSR count). The molecule has 10 nitrogen and oxygen atoms in total. The number of amides is 2. The smallest absolute Gasteiger partial charge is 0.317 e. The van der Waals surface area contributed by atoms with Crippen molar-refractivity contribution in [2.45, 2.75) is 70.5 Å². The number of ether oxygens (including phenoxy) is 2. The molecule has 0 unspecified atom stereocenters. The zero-order valence-corrected chi connectivity index (χ0v) is 26.3. The van der Waals surface area contributed by atoms with Crippen molar-refractivity contribution in [1.29, 1.82) is 0 Å². The first-order valence-electron chi connectivity index (χ1n) is 16.2. The highest BCUT2D eigenvalue weighted by Gasteiger charge is 2.26. The number of halogens is 2. The van der Waals surface area contributed by atoms with Crippen LogP contribution in [0.2, 0.25) is 0 Å². The Morgan fingerprint density at radius 3 is 2.65 bits per heavy atom. The van der Waals surface area contributed by atoms with Crippen molar-refractivity contribution in [1.82, 2.24) is 30.2 Å². The lowest BCUT2D eigenvalue weighted by atomic mass is 9.91. The van der Waals surface area contributed by atoms with Crippen LogP contribution in [0.5, 0.6) is 0 Å². The van der Waals surface area contributed by atoms with Gasteiger partial charge in [0.05, 0.1) is 32.2 Å². The van der Waals surface area contributed by atoms with Gasteiger partial charge in [-0.05, 0) is 43.7 Å². The van der Waals surface area contributed by atoms with Crippen molar-refractivity contribution in [2.75, 3.05) is 38.3 Å². The van der Waals surface area contributed by atoms with E-state index in [0.717, 1.165) is 63.1 Å². The molecule has 3 aromatic heterocycles. The van der Waals surface area contributed by atoms with Crippen molar-refractivity contribution >= 4 is 22.9 Å². The van der Waals surface area contributed by atoms with Crippen molar-refractivity contribution < 1.29 is 23.0 Å². The molecular formula is C34H43F2N7O3. The van der Waals surface area contributed by atoms with Gasteiger partial charge in [0.2, 0.25) is 0 Å². The third-order valence-corrected chi connectivity index (χ3v) is 8.10. The number of hydrogen-bond donors (Lipinski definition) is 3. The predicted molar refractivity (Wildman–Crippen MR) is 173 cm³/mol. The average Bonchev–Trinajstić information content (AvgIpc) is 3.48. The monoisotopic (exact) mass is 635 g/mol. The van der Waals surface area contributed by atoms with E-state index in [1.807, 2.05) is 30.3 Å². The van der Waals surface area contributed by atoms with Gasteiger partial charge in [0.1, 0.15) is 11.5 Å². The van der Waals surface area contributed by atoms with Gasteiger partial charge in [-0.3, -0.25) is 0 Å². The minimum atomic E-state index is -0.584. The van der Waals surface area contributed by atoms with Gasteiger partial charge in [0.25, 0.3) is 0 Å². The Balaban J connectivity index is 1.16. The molecule has 2 atom stereocenters. The first-order valence-corrected chi connectivity index (χ1v) is 16.2. The Labute approximate surface area is 268 Å². The number of aromatic nitrogens is 4. The average molecular weight is 636 g/mol. The standard InChI is InChI=1S/C34H43F2N7O3/c1-2-3-7-14-45-16-17-46-15-13-43(23-24-9-5-4-6-10-24)34(44)41-27-12-8-11-26(19-27)40-33-30(36)22-39-32(42-33)29-21-38-31-28(29)18-25(35)20-37-31/h4-6,9-10,18,20-22,26-27H,2-3,7-8,11-17,19,23H2,1H3,(H,37,38)(H,41,44)(H,39,40,42)/t26-,27+/m0/s1. The van der Waals surface area contributed by atoms with Crippen LogP contribution < -0.4 is 10.6 Å². The Morgan fingerprint density at radius 2 is 1.83 bits per heavy atom. The molecule has 1 aliphatic carbocycles. The van der Waals surface area contributed by atoms with Crippen LogP contribution in [0, 0.1) is 11.6 Å².